The van der Waals surface area contributed by atoms with Gasteiger partial charge in [0.15, 0.2) is 0 Å². The van der Waals surface area contributed by atoms with Crippen molar-refractivity contribution in [3.8, 4) is 0 Å². The van der Waals surface area contributed by atoms with Crippen LogP contribution < -0.4 is 0 Å². The molecule has 6 heteroatoms. The number of carbonyl (C=O) groups excluding carboxylic acids is 4. The van der Waals surface area contributed by atoms with Crippen molar-refractivity contribution < 1.29 is 19.2 Å². The highest BCUT2D eigenvalue weighted by atomic mass is 16.2. The van der Waals surface area contributed by atoms with Crippen molar-refractivity contribution >= 4 is 23.6 Å². The molecule has 1 aliphatic heterocycles. The minimum atomic E-state index is -0.954. The average molecular weight is 252 g/mol. The lowest BCUT2D eigenvalue weighted by Gasteiger charge is -2.39. The van der Waals surface area contributed by atoms with E-state index in [0.717, 1.165) is 9.80 Å². The summed E-state index contributed by atoms with van der Waals surface area (Å²) in [6.45, 7) is 9.21. The Morgan fingerprint density at radius 1 is 1.17 bits per heavy atom. The lowest BCUT2D eigenvalue weighted by molar-refractivity contribution is -0.163. The van der Waals surface area contributed by atoms with Crippen LogP contribution in [0.1, 0.15) is 27.7 Å². The summed E-state index contributed by atoms with van der Waals surface area (Å²) in [4.78, 5) is 48.7. The van der Waals surface area contributed by atoms with Crippen molar-refractivity contribution in [2.24, 2.45) is 5.92 Å². The van der Waals surface area contributed by atoms with E-state index in [1.165, 1.54) is 13.8 Å². The molecule has 0 N–H and O–H groups in total. The highest BCUT2D eigenvalue weighted by molar-refractivity contribution is 6.16. The van der Waals surface area contributed by atoms with E-state index in [-0.39, 0.29) is 11.6 Å². The molecule has 98 valence electrons. The van der Waals surface area contributed by atoms with Gasteiger partial charge in [0, 0.05) is 13.8 Å². The van der Waals surface area contributed by atoms with Gasteiger partial charge in [-0.1, -0.05) is 20.4 Å². The fraction of sp³-hybridized carbons (Fsp3) is 0.500. The number of piperazine rings is 1. The quantitative estimate of drug-likeness (QED) is 0.628. The van der Waals surface area contributed by atoms with E-state index in [4.69, 9.17) is 0 Å². The number of rotatable bonds is 1. The number of hydrogen-bond acceptors (Lipinski definition) is 4. The molecule has 0 bridgehead atoms. The maximum absolute atomic E-state index is 12.2. The molecule has 1 rings (SSSR count). The van der Waals surface area contributed by atoms with Gasteiger partial charge in [0.05, 0.1) is 0 Å². The zero-order valence-corrected chi connectivity index (χ0v) is 10.9. The molecule has 0 saturated carbocycles. The van der Waals surface area contributed by atoms with Gasteiger partial charge < -0.3 is 0 Å². The topological polar surface area (TPSA) is 74.8 Å². The summed E-state index contributed by atoms with van der Waals surface area (Å²) in [5.74, 6) is -2.67. The Hall–Kier alpha value is -1.98. The van der Waals surface area contributed by atoms with Gasteiger partial charge >= 0.3 is 0 Å². The average Bonchev–Trinajstić information content (AvgIpc) is 2.21. The molecule has 0 spiro atoms. The summed E-state index contributed by atoms with van der Waals surface area (Å²) < 4.78 is 0. The third-order valence-electron chi connectivity index (χ3n) is 2.77. The van der Waals surface area contributed by atoms with Crippen LogP contribution in [0.25, 0.3) is 0 Å². The third-order valence-corrected chi connectivity index (χ3v) is 2.77. The summed E-state index contributed by atoms with van der Waals surface area (Å²) in [6.07, 6.45) is 0. The van der Waals surface area contributed by atoms with Gasteiger partial charge in [0.2, 0.25) is 11.8 Å². The van der Waals surface area contributed by atoms with Crippen LogP contribution in [0.3, 0.4) is 0 Å². The van der Waals surface area contributed by atoms with Crippen molar-refractivity contribution in [3.05, 3.63) is 12.3 Å². The fourth-order valence-electron chi connectivity index (χ4n) is 2.00. The number of imide groups is 2. The van der Waals surface area contributed by atoms with Gasteiger partial charge in [-0.05, 0) is 5.92 Å². The van der Waals surface area contributed by atoms with Gasteiger partial charge in [-0.2, -0.15) is 0 Å². The molecule has 1 saturated heterocycles. The number of hydrogen-bond donors (Lipinski definition) is 0. The molecule has 1 atom stereocenters. The molecule has 6 nitrogen and oxygen atoms in total. The second kappa shape index (κ2) is 4.72. The maximum Gasteiger partial charge on any atom is 0.277 e. The largest absolute Gasteiger partial charge is 0.277 e. The van der Waals surface area contributed by atoms with E-state index in [1.54, 1.807) is 13.8 Å². The first kappa shape index (κ1) is 14.1. The zero-order chi connectivity index (χ0) is 14.2. The molecule has 1 aliphatic rings. The third kappa shape index (κ3) is 2.05. The van der Waals surface area contributed by atoms with Crippen molar-refractivity contribution in [1.82, 2.24) is 9.80 Å². The van der Waals surface area contributed by atoms with Crippen LogP contribution >= 0.6 is 0 Å². The molecular weight excluding hydrogens is 236 g/mol. The van der Waals surface area contributed by atoms with Gasteiger partial charge in [-0.15, -0.1) is 0 Å². The highest BCUT2D eigenvalue weighted by Crippen LogP contribution is 2.25. The van der Waals surface area contributed by atoms with E-state index in [0.29, 0.717) is 0 Å². The first-order valence-corrected chi connectivity index (χ1v) is 5.57. The number of nitrogens with zero attached hydrogens (tertiary/aromatic N) is 2. The predicted molar refractivity (Wildman–Crippen MR) is 62.8 cm³/mol. The Kier molecular flexibility index (Phi) is 3.69. The van der Waals surface area contributed by atoms with Crippen LogP contribution in [-0.2, 0) is 19.2 Å². The lowest BCUT2D eigenvalue weighted by Crippen LogP contribution is -2.62. The fourth-order valence-corrected chi connectivity index (χ4v) is 2.00. The molecule has 1 fully saturated rings. The van der Waals surface area contributed by atoms with Crippen LogP contribution in [0.5, 0.6) is 0 Å². The monoisotopic (exact) mass is 252 g/mol. The van der Waals surface area contributed by atoms with E-state index in [1.807, 2.05) is 0 Å². The Labute approximate surface area is 105 Å². The van der Waals surface area contributed by atoms with Gasteiger partial charge in [0.25, 0.3) is 11.8 Å². The highest BCUT2D eigenvalue weighted by Gasteiger charge is 2.46. The van der Waals surface area contributed by atoms with E-state index >= 15 is 0 Å². The molecule has 1 unspecified atom stereocenters. The Balaban J connectivity index is 3.32. The van der Waals surface area contributed by atoms with Crippen molar-refractivity contribution in [2.45, 2.75) is 33.7 Å². The van der Waals surface area contributed by atoms with Gasteiger partial charge in [-0.3, -0.25) is 24.1 Å². The van der Waals surface area contributed by atoms with Crippen LogP contribution in [0.4, 0.5) is 0 Å². The summed E-state index contributed by atoms with van der Waals surface area (Å²) >= 11 is 0. The SMILES string of the molecule is C=C1C(=O)N(C(C)=O)C(C(C)C)C(=O)N1C(C)=O. The van der Waals surface area contributed by atoms with Crippen LogP contribution in [0.2, 0.25) is 0 Å². The lowest BCUT2D eigenvalue weighted by atomic mass is 9.97. The molecular formula is C12H16N2O4. The minimum absolute atomic E-state index is 0.278. The smallest absolute Gasteiger partial charge is 0.275 e. The van der Waals surface area contributed by atoms with Crippen molar-refractivity contribution in [3.63, 3.8) is 0 Å². The first-order chi connectivity index (χ1) is 8.20. The molecule has 0 aromatic rings. The Morgan fingerprint density at radius 3 is 2.00 bits per heavy atom. The van der Waals surface area contributed by atoms with Gasteiger partial charge in [-0.25, -0.2) is 4.90 Å². The molecule has 4 amide bonds. The zero-order valence-electron chi connectivity index (χ0n) is 10.9. The standard InChI is InChI=1S/C12H16N2O4/c1-6(2)10-12(18)13(8(4)15)7(3)11(17)14(10)9(5)16/h6,10H,3H2,1-2,4-5H3. The normalized spacial score (nSPS) is 20.7. The summed E-state index contributed by atoms with van der Waals surface area (Å²) in [5.41, 5.74) is -0.278. The summed E-state index contributed by atoms with van der Waals surface area (Å²) in [5, 5.41) is 0. The molecule has 0 aliphatic carbocycles. The predicted octanol–water partition coefficient (Wildman–Crippen LogP) is 0.288. The molecule has 0 radical (unpaired) electrons. The van der Waals surface area contributed by atoms with E-state index in [9.17, 15) is 19.2 Å². The number of amides is 4. The van der Waals surface area contributed by atoms with E-state index in [2.05, 4.69) is 6.58 Å². The Morgan fingerprint density at radius 2 is 1.67 bits per heavy atom. The van der Waals surface area contributed by atoms with Gasteiger partial charge in [0.1, 0.15) is 11.7 Å². The van der Waals surface area contributed by atoms with Crippen LogP contribution in [-0.4, -0.2) is 39.5 Å². The summed E-state index contributed by atoms with van der Waals surface area (Å²) in [7, 11) is 0. The molecule has 1 heterocycles. The molecule has 18 heavy (non-hydrogen) atoms. The second-order valence-electron chi connectivity index (χ2n) is 4.52. The minimum Gasteiger partial charge on any atom is -0.275 e. The summed E-state index contributed by atoms with van der Waals surface area (Å²) in [6, 6.07) is -0.954. The first-order valence-electron chi connectivity index (χ1n) is 5.57. The maximum atomic E-state index is 12.2. The number of carbonyl (C=O) groups is 4. The van der Waals surface area contributed by atoms with E-state index < -0.39 is 29.7 Å². The van der Waals surface area contributed by atoms with Crippen LogP contribution in [0, 0.1) is 5.92 Å². The van der Waals surface area contributed by atoms with Crippen molar-refractivity contribution in [2.75, 3.05) is 0 Å². The molecule has 0 aromatic carbocycles. The van der Waals surface area contributed by atoms with Crippen molar-refractivity contribution in [1.29, 1.82) is 0 Å². The molecule has 0 aromatic heterocycles. The second-order valence-corrected chi connectivity index (χ2v) is 4.52. The Bertz CT molecular complexity index is 453. The van der Waals surface area contributed by atoms with Crippen LogP contribution in [0.15, 0.2) is 12.3 Å².